The minimum absolute atomic E-state index is 0.0816. The van der Waals surface area contributed by atoms with Gasteiger partial charge in [-0.05, 0) is 77.4 Å². The van der Waals surface area contributed by atoms with Crippen LogP contribution in [0.3, 0.4) is 0 Å². The van der Waals surface area contributed by atoms with Crippen LogP contribution in [0.25, 0.3) is 10.8 Å². The van der Waals surface area contributed by atoms with Crippen molar-refractivity contribution in [3.05, 3.63) is 77.1 Å². The number of aliphatic carboxylic acids is 1. The van der Waals surface area contributed by atoms with Gasteiger partial charge in [0.2, 0.25) is 0 Å². The predicted octanol–water partition coefficient (Wildman–Crippen LogP) is 5.87. The molecule has 1 aliphatic rings. The van der Waals surface area contributed by atoms with E-state index in [4.69, 9.17) is 11.8 Å². The van der Waals surface area contributed by atoms with Gasteiger partial charge in [0.1, 0.15) is 5.82 Å². The molecule has 32 heavy (non-hydrogen) atoms. The first-order valence-electron chi connectivity index (χ1n) is 10.6. The summed E-state index contributed by atoms with van der Waals surface area (Å²) < 4.78 is 15.2. The molecule has 0 spiro atoms. The van der Waals surface area contributed by atoms with E-state index in [0.29, 0.717) is 31.6 Å². The zero-order valence-electron chi connectivity index (χ0n) is 17.7. The lowest BCUT2D eigenvalue weighted by molar-refractivity contribution is -0.136. The third kappa shape index (κ3) is 4.41. The number of urea groups is 1. The molecule has 1 N–H and O–H groups in total. The molecule has 0 unspecified atom stereocenters. The van der Waals surface area contributed by atoms with Gasteiger partial charge in [-0.15, -0.1) is 0 Å². The van der Waals surface area contributed by atoms with Crippen molar-refractivity contribution in [1.82, 2.24) is 4.90 Å². The number of benzene rings is 3. The fraction of sp³-hybridized carbons (Fsp3) is 0.280. The van der Waals surface area contributed by atoms with E-state index in [-0.39, 0.29) is 24.2 Å². The second kappa shape index (κ2) is 9.17. The Kier molecular flexibility index (Phi) is 6.33. The number of halogens is 2. The smallest absolute Gasteiger partial charge is 0.339 e. The zero-order valence-corrected chi connectivity index (χ0v) is 18.5. The van der Waals surface area contributed by atoms with Gasteiger partial charge in [-0.2, -0.15) is 0 Å². The summed E-state index contributed by atoms with van der Waals surface area (Å²) in [5.41, 5.74) is 3.22. The highest BCUT2D eigenvalue weighted by Crippen LogP contribution is 2.38. The standard InChI is InChI=1S/C25H24ClFN2O3/c1-16-19(14-23(30)31)13-18-7-8-20(27)15-22(18)24(16)17-9-11-28(12-10-17)25(32)29(26)21-5-3-2-4-6-21/h2-8,13,15,17H,9-12,14H2,1H3,(H,30,31). The Labute approximate surface area is 191 Å². The van der Waals surface area contributed by atoms with Crippen LogP contribution in [0.5, 0.6) is 0 Å². The molecule has 0 bridgehead atoms. The number of piperidine rings is 1. The van der Waals surface area contributed by atoms with E-state index < -0.39 is 5.97 Å². The van der Waals surface area contributed by atoms with E-state index in [1.165, 1.54) is 12.1 Å². The van der Waals surface area contributed by atoms with Gasteiger partial charge in [-0.1, -0.05) is 30.3 Å². The lowest BCUT2D eigenvalue weighted by Crippen LogP contribution is -2.43. The molecule has 2 amide bonds. The molecule has 3 aromatic carbocycles. The molecule has 5 nitrogen and oxygen atoms in total. The summed E-state index contributed by atoms with van der Waals surface area (Å²) in [5, 5.41) is 11.0. The molecule has 4 rings (SSSR count). The van der Waals surface area contributed by atoms with Crippen molar-refractivity contribution in [3.8, 4) is 0 Å². The van der Waals surface area contributed by atoms with Crippen molar-refractivity contribution < 1.29 is 19.1 Å². The van der Waals surface area contributed by atoms with Crippen LogP contribution in [-0.2, 0) is 11.2 Å². The zero-order chi connectivity index (χ0) is 22.8. The number of anilines is 1. The summed E-state index contributed by atoms with van der Waals surface area (Å²) in [4.78, 5) is 25.9. The van der Waals surface area contributed by atoms with E-state index in [0.717, 1.165) is 31.9 Å². The minimum atomic E-state index is -0.899. The van der Waals surface area contributed by atoms with Gasteiger partial charge in [-0.25, -0.2) is 13.6 Å². The maximum atomic E-state index is 14.1. The summed E-state index contributed by atoms with van der Waals surface area (Å²) in [5.74, 6) is -1.13. The lowest BCUT2D eigenvalue weighted by atomic mass is 9.81. The first kappa shape index (κ1) is 22.1. The maximum Gasteiger partial charge on any atom is 0.339 e. The molecule has 0 aromatic heterocycles. The van der Waals surface area contributed by atoms with Crippen molar-refractivity contribution in [2.24, 2.45) is 0 Å². The van der Waals surface area contributed by atoms with Crippen LogP contribution in [-0.4, -0.2) is 35.1 Å². The van der Waals surface area contributed by atoms with Crippen LogP contribution in [0.4, 0.5) is 14.9 Å². The van der Waals surface area contributed by atoms with Crippen molar-refractivity contribution in [1.29, 1.82) is 0 Å². The van der Waals surface area contributed by atoms with Gasteiger partial charge in [0, 0.05) is 24.9 Å². The average molecular weight is 455 g/mol. The maximum absolute atomic E-state index is 14.1. The highest BCUT2D eigenvalue weighted by Gasteiger charge is 2.29. The molecule has 0 radical (unpaired) electrons. The highest BCUT2D eigenvalue weighted by molar-refractivity contribution is 6.36. The van der Waals surface area contributed by atoms with Gasteiger partial charge < -0.3 is 10.0 Å². The van der Waals surface area contributed by atoms with Gasteiger partial charge in [0.25, 0.3) is 0 Å². The van der Waals surface area contributed by atoms with Gasteiger partial charge in [0.15, 0.2) is 0 Å². The predicted molar refractivity (Wildman–Crippen MR) is 124 cm³/mol. The molecular formula is C25H24ClFN2O3. The Hall–Kier alpha value is -3.12. The SMILES string of the molecule is Cc1c(CC(=O)O)cc2ccc(F)cc2c1C1CCN(C(=O)N(Cl)c2ccccc2)CC1. The van der Waals surface area contributed by atoms with Gasteiger partial charge in [-0.3, -0.25) is 4.79 Å². The third-order valence-electron chi connectivity index (χ3n) is 6.19. The Morgan fingerprint density at radius 2 is 1.81 bits per heavy atom. The van der Waals surface area contributed by atoms with Crippen LogP contribution in [0.2, 0.25) is 0 Å². The number of para-hydroxylation sites is 1. The second-order valence-corrected chi connectivity index (χ2v) is 8.51. The third-order valence-corrected chi connectivity index (χ3v) is 6.53. The molecule has 3 aromatic rings. The van der Waals surface area contributed by atoms with Crippen LogP contribution < -0.4 is 4.42 Å². The first-order chi connectivity index (χ1) is 15.3. The van der Waals surface area contributed by atoms with Crippen molar-refractivity contribution >= 4 is 40.2 Å². The Morgan fingerprint density at radius 1 is 1.12 bits per heavy atom. The summed E-state index contributed by atoms with van der Waals surface area (Å²) in [6.45, 7) is 2.93. The molecule has 166 valence electrons. The van der Waals surface area contributed by atoms with Crippen LogP contribution >= 0.6 is 11.8 Å². The summed E-state index contributed by atoms with van der Waals surface area (Å²) >= 11 is 6.28. The van der Waals surface area contributed by atoms with E-state index in [9.17, 15) is 19.1 Å². The number of carboxylic acids is 1. The Bertz CT molecular complexity index is 1160. The molecule has 7 heteroatoms. The molecule has 1 heterocycles. The number of fused-ring (bicyclic) bond motifs is 1. The minimum Gasteiger partial charge on any atom is -0.481 e. The van der Waals surface area contributed by atoms with E-state index in [1.54, 1.807) is 23.1 Å². The average Bonchev–Trinajstić information content (AvgIpc) is 2.79. The van der Waals surface area contributed by atoms with Crippen LogP contribution in [0.1, 0.15) is 35.4 Å². The summed E-state index contributed by atoms with van der Waals surface area (Å²) in [6.07, 6.45) is 1.30. The van der Waals surface area contributed by atoms with Crippen molar-refractivity contribution in [3.63, 3.8) is 0 Å². The van der Waals surface area contributed by atoms with E-state index in [1.807, 2.05) is 31.2 Å². The fourth-order valence-electron chi connectivity index (χ4n) is 4.58. The summed E-state index contributed by atoms with van der Waals surface area (Å²) in [7, 11) is 0. The number of likely N-dealkylation sites (tertiary alicyclic amines) is 1. The number of rotatable bonds is 4. The number of nitrogens with zero attached hydrogens (tertiary/aromatic N) is 2. The topological polar surface area (TPSA) is 60.9 Å². The monoisotopic (exact) mass is 454 g/mol. The van der Waals surface area contributed by atoms with Crippen LogP contribution in [0.15, 0.2) is 54.6 Å². The van der Waals surface area contributed by atoms with Gasteiger partial charge in [0.05, 0.1) is 12.1 Å². The van der Waals surface area contributed by atoms with E-state index >= 15 is 0 Å². The number of carbonyl (C=O) groups excluding carboxylic acids is 1. The number of carbonyl (C=O) groups is 2. The van der Waals surface area contributed by atoms with Crippen molar-refractivity contribution in [2.75, 3.05) is 17.5 Å². The molecular weight excluding hydrogens is 431 g/mol. The highest BCUT2D eigenvalue weighted by atomic mass is 35.5. The summed E-state index contributed by atoms with van der Waals surface area (Å²) in [6, 6.07) is 15.2. The molecule has 1 aliphatic heterocycles. The first-order valence-corrected chi connectivity index (χ1v) is 10.9. The molecule has 1 saturated heterocycles. The lowest BCUT2D eigenvalue weighted by Gasteiger charge is -2.35. The van der Waals surface area contributed by atoms with Crippen molar-refractivity contribution in [2.45, 2.75) is 32.1 Å². The quantitative estimate of drug-likeness (QED) is 0.501. The second-order valence-electron chi connectivity index (χ2n) is 8.17. The number of hydrogen-bond acceptors (Lipinski definition) is 2. The Balaban J connectivity index is 1.59. The van der Waals surface area contributed by atoms with Crippen LogP contribution in [0, 0.1) is 12.7 Å². The van der Waals surface area contributed by atoms with E-state index in [2.05, 4.69) is 0 Å². The number of carboxylic acid groups (broad SMARTS) is 1. The number of amides is 2. The normalized spacial score (nSPS) is 14.5. The fourth-order valence-corrected chi connectivity index (χ4v) is 4.80. The molecule has 0 atom stereocenters. The largest absolute Gasteiger partial charge is 0.481 e. The Morgan fingerprint density at radius 3 is 2.47 bits per heavy atom. The molecule has 1 fully saturated rings. The van der Waals surface area contributed by atoms with Gasteiger partial charge >= 0.3 is 12.0 Å². The number of hydrogen-bond donors (Lipinski definition) is 1. The molecule has 0 saturated carbocycles. The molecule has 0 aliphatic carbocycles.